The quantitative estimate of drug-likeness (QED) is 0.619. The van der Waals surface area contributed by atoms with Crippen LogP contribution in [0.4, 0.5) is 14.5 Å². The Kier molecular flexibility index (Phi) is 5.63. The molecule has 0 fully saturated rings. The van der Waals surface area contributed by atoms with Gasteiger partial charge in [0, 0.05) is 12.7 Å². The second-order valence-electron chi connectivity index (χ2n) is 4.82. The Morgan fingerprint density at radius 1 is 1.17 bits per heavy atom. The first kappa shape index (κ1) is 17.2. The number of anilines is 1. The molecule has 0 aromatic heterocycles. The fourth-order valence-electron chi connectivity index (χ4n) is 2.00. The van der Waals surface area contributed by atoms with E-state index in [9.17, 15) is 18.8 Å². The number of carbonyl (C=O) groups excluding carboxylic acids is 1. The number of amides is 1. The molecule has 0 radical (unpaired) electrons. The van der Waals surface area contributed by atoms with E-state index in [1.807, 2.05) is 12.1 Å². The fourth-order valence-corrected chi connectivity index (χ4v) is 2.00. The Hall–Kier alpha value is -3.20. The minimum absolute atomic E-state index is 0.00777. The molecule has 0 heterocycles. The maximum absolute atomic E-state index is 12.4. The van der Waals surface area contributed by atoms with E-state index in [2.05, 4.69) is 4.74 Å². The smallest absolute Gasteiger partial charge is 0.387 e. The number of halogens is 2. The third-order valence-electron chi connectivity index (χ3n) is 3.22. The van der Waals surface area contributed by atoms with Crippen molar-refractivity contribution in [3.63, 3.8) is 0 Å². The molecule has 1 amide bonds. The minimum Gasteiger partial charge on any atom is -0.435 e. The molecule has 6 heteroatoms. The molecule has 0 atom stereocenters. The summed E-state index contributed by atoms with van der Waals surface area (Å²) < 4.78 is 28.5. The summed E-state index contributed by atoms with van der Waals surface area (Å²) in [5.74, 6) is -0.454. The van der Waals surface area contributed by atoms with Crippen molar-refractivity contribution >= 4 is 17.7 Å². The van der Waals surface area contributed by atoms with Crippen molar-refractivity contribution in [1.29, 1.82) is 5.26 Å². The van der Waals surface area contributed by atoms with Crippen LogP contribution in [0, 0.1) is 11.3 Å². The molecular formula is C18H14F2N2O2. The van der Waals surface area contributed by atoms with Gasteiger partial charge in [-0.2, -0.15) is 14.0 Å². The summed E-state index contributed by atoms with van der Waals surface area (Å²) in [4.78, 5) is 13.8. The Labute approximate surface area is 138 Å². The minimum atomic E-state index is -2.90. The lowest BCUT2D eigenvalue weighted by Crippen LogP contribution is -2.27. The molecule has 0 spiro atoms. The number of alkyl halides is 2. The van der Waals surface area contributed by atoms with Gasteiger partial charge in [-0.25, -0.2) is 0 Å². The molecule has 4 nitrogen and oxygen atoms in total. The van der Waals surface area contributed by atoms with Gasteiger partial charge in [-0.05, 0) is 35.9 Å². The summed E-state index contributed by atoms with van der Waals surface area (Å²) in [5.41, 5.74) is 1.12. The van der Waals surface area contributed by atoms with Gasteiger partial charge < -0.3 is 9.64 Å². The number of rotatable bonds is 5. The molecule has 0 bridgehead atoms. The van der Waals surface area contributed by atoms with Crippen LogP contribution in [-0.4, -0.2) is 19.6 Å². The number of para-hydroxylation sites is 1. The van der Waals surface area contributed by atoms with Gasteiger partial charge in [-0.1, -0.05) is 30.3 Å². The number of carbonyl (C=O) groups is 1. The SMILES string of the molecule is CN(C(=O)/C(C#N)=C/c1ccc(OC(F)F)cc1)c1ccccc1. The highest BCUT2D eigenvalue weighted by Crippen LogP contribution is 2.18. The van der Waals surface area contributed by atoms with Gasteiger partial charge in [0.15, 0.2) is 0 Å². The van der Waals surface area contributed by atoms with Crippen LogP contribution in [0.3, 0.4) is 0 Å². The van der Waals surface area contributed by atoms with Crippen molar-refractivity contribution in [2.24, 2.45) is 0 Å². The average molecular weight is 328 g/mol. The molecule has 2 rings (SSSR count). The van der Waals surface area contributed by atoms with Gasteiger partial charge >= 0.3 is 6.61 Å². The number of nitriles is 1. The Morgan fingerprint density at radius 2 is 1.79 bits per heavy atom. The molecule has 0 N–H and O–H groups in total. The zero-order valence-corrected chi connectivity index (χ0v) is 12.8. The summed E-state index contributed by atoms with van der Waals surface area (Å²) in [7, 11) is 1.57. The van der Waals surface area contributed by atoms with E-state index in [1.54, 1.807) is 31.3 Å². The topological polar surface area (TPSA) is 53.3 Å². The van der Waals surface area contributed by atoms with E-state index >= 15 is 0 Å². The predicted octanol–water partition coefficient (Wildman–Crippen LogP) is 3.86. The average Bonchev–Trinajstić information content (AvgIpc) is 2.60. The third kappa shape index (κ3) is 4.40. The number of nitrogens with zero attached hydrogens (tertiary/aromatic N) is 2. The number of ether oxygens (including phenoxy) is 1. The molecular weight excluding hydrogens is 314 g/mol. The van der Waals surface area contributed by atoms with E-state index in [0.717, 1.165) is 0 Å². The molecule has 24 heavy (non-hydrogen) atoms. The summed E-state index contributed by atoms with van der Waals surface area (Å²) in [6.07, 6.45) is 1.40. The zero-order chi connectivity index (χ0) is 17.5. The number of likely N-dealkylation sites (N-methyl/N-ethyl adjacent to an activating group) is 1. The normalized spacial score (nSPS) is 11.0. The van der Waals surface area contributed by atoms with E-state index in [4.69, 9.17) is 0 Å². The first-order valence-corrected chi connectivity index (χ1v) is 7.01. The van der Waals surface area contributed by atoms with Gasteiger partial charge in [-0.3, -0.25) is 4.79 Å². The zero-order valence-electron chi connectivity index (χ0n) is 12.8. The van der Waals surface area contributed by atoms with Crippen LogP contribution in [0.2, 0.25) is 0 Å². The van der Waals surface area contributed by atoms with Crippen molar-refractivity contribution in [2.45, 2.75) is 6.61 Å². The second-order valence-corrected chi connectivity index (χ2v) is 4.82. The van der Waals surface area contributed by atoms with Crippen molar-refractivity contribution in [1.82, 2.24) is 0 Å². The summed E-state index contributed by atoms with van der Waals surface area (Å²) in [6.45, 7) is -2.90. The van der Waals surface area contributed by atoms with Crippen LogP contribution in [0.1, 0.15) is 5.56 Å². The lowest BCUT2D eigenvalue weighted by atomic mass is 10.1. The fraction of sp³-hybridized carbons (Fsp3) is 0.111. The van der Waals surface area contributed by atoms with Crippen molar-refractivity contribution in [3.8, 4) is 11.8 Å². The highest BCUT2D eigenvalue weighted by molar-refractivity contribution is 6.10. The van der Waals surface area contributed by atoms with Crippen molar-refractivity contribution in [3.05, 3.63) is 65.7 Å². The van der Waals surface area contributed by atoms with Gasteiger partial charge in [0.05, 0.1) is 0 Å². The van der Waals surface area contributed by atoms with Gasteiger partial charge in [-0.15, -0.1) is 0 Å². The Bertz CT molecular complexity index is 766. The maximum Gasteiger partial charge on any atom is 0.387 e. The van der Waals surface area contributed by atoms with Gasteiger partial charge in [0.2, 0.25) is 0 Å². The van der Waals surface area contributed by atoms with E-state index in [1.165, 1.54) is 35.2 Å². The highest BCUT2D eigenvalue weighted by Gasteiger charge is 2.16. The predicted molar refractivity (Wildman–Crippen MR) is 86.5 cm³/mol. The molecule has 0 saturated carbocycles. The van der Waals surface area contributed by atoms with Crippen molar-refractivity contribution in [2.75, 3.05) is 11.9 Å². The molecule has 0 aliphatic carbocycles. The number of hydrogen-bond acceptors (Lipinski definition) is 3. The third-order valence-corrected chi connectivity index (χ3v) is 3.22. The molecule has 2 aromatic rings. The standard InChI is InChI=1S/C18H14F2N2O2/c1-22(15-5-3-2-4-6-15)17(23)14(12-21)11-13-7-9-16(10-8-13)24-18(19)20/h2-11,18H,1H3/b14-11+. The van der Waals surface area contributed by atoms with Crippen LogP contribution in [-0.2, 0) is 4.79 Å². The Balaban J connectivity index is 2.19. The van der Waals surface area contributed by atoms with E-state index < -0.39 is 12.5 Å². The maximum atomic E-state index is 12.4. The number of hydrogen-bond donors (Lipinski definition) is 0. The molecule has 0 aliphatic rings. The monoisotopic (exact) mass is 328 g/mol. The lowest BCUT2D eigenvalue weighted by Gasteiger charge is -2.16. The molecule has 122 valence electrons. The van der Waals surface area contributed by atoms with Crippen LogP contribution in [0.15, 0.2) is 60.2 Å². The summed E-state index contributed by atoms with van der Waals surface area (Å²) in [6, 6.07) is 16.4. The van der Waals surface area contributed by atoms with Gasteiger partial charge in [0.1, 0.15) is 17.4 Å². The van der Waals surface area contributed by atoms with Crippen molar-refractivity contribution < 1.29 is 18.3 Å². The van der Waals surface area contributed by atoms with E-state index in [-0.39, 0.29) is 11.3 Å². The second kappa shape index (κ2) is 7.88. The molecule has 0 aliphatic heterocycles. The van der Waals surface area contributed by atoms with Gasteiger partial charge in [0.25, 0.3) is 5.91 Å². The molecule has 0 unspecified atom stereocenters. The molecule has 0 saturated heterocycles. The lowest BCUT2D eigenvalue weighted by molar-refractivity contribution is -0.114. The van der Waals surface area contributed by atoms with Crippen LogP contribution >= 0.6 is 0 Å². The summed E-state index contributed by atoms with van der Waals surface area (Å²) in [5, 5.41) is 9.24. The van der Waals surface area contributed by atoms with E-state index in [0.29, 0.717) is 11.3 Å². The molecule has 2 aromatic carbocycles. The first-order valence-electron chi connectivity index (χ1n) is 7.01. The van der Waals surface area contributed by atoms with Crippen LogP contribution in [0.5, 0.6) is 5.75 Å². The highest BCUT2D eigenvalue weighted by atomic mass is 19.3. The first-order chi connectivity index (χ1) is 11.5. The van der Waals surface area contributed by atoms with Crippen LogP contribution < -0.4 is 9.64 Å². The number of benzene rings is 2. The van der Waals surface area contributed by atoms with Crippen LogP contribution in [0.25, 0.3) is 6.08 Å². The Morgan fingerprint density at radius 3 is 2.33 bits per heavy atom. The summed E-state index contributed by atoms with van der Waals surface area (Å²) >= 11 is 0. The largest absolute Gasteiger partial charge is 0.435 e.